The van der Waals surface area contributed by atoms with Crippen LogP contribution in [0.1, 0.15) is 13.3 Å². The zero-order valence-electron chi connectivity index (χ0n) is 13.7. The fourth-order valence-electron chi connectivity index (χ4n) is 2.38. The topological polar surface area (TPSA) is 82.7 Å². The molecule has 0 spiro atoms. The Morgan fingerprint density at radius 3 is 3.00 bits per heavy atom. The molecule has 0 radical (unpaired) electrons. The molecule has 132 valence electrons. The van der Waals surface area contributed by atoms with E-state index >= 15 is 0 Å². The highest BCUT2D eigenvalue weighted by molar-refractivity contribution is 6.33. The number of ether oxygens (including phenoxy) is 1. The Bertz CT molecular complexity index is 582. The molecule has 24 heavy (non-hydrogen) atoms. The van der Waals surface area contributed by atoms with Gasteiger partial charge in [-0.3, -0.25) is 4.79 Å². The molecule has 1 fully saturated rings. The molecule has 0 atom stereocenters. The Morgan fingerprint density at radius 1 is 1.46 bits per heavy atom. The lowest BCUT2D eigenvalue weighted by Crippen LogP contribution is -2.47. The van der Waals surface area contributed by atoms with E-state index in [1.807, 2.05) is 17.9 Å². The van der Waals surface area contributed by atoms with Crippen LogP contribution >= 0.6 is 11.6 Å². The zero-order valence-corrected chi connectivity index (χ0v) is 14.5. The number of benzene rings is 1. The Balaban J connectivity index is 1.85. The number of hydrogen-bond donors (Lipinski definition) is 3. The van der Waals surface area contributed by atoms with Crippen molar-refractivity contribution < 1.29 is 14.3 Å². The molecule has 1 aromatic carbocycles. The third kappa shape index (κ3) is 5.58. The minimum atomic E-state index is -0.285. The molecule has 0 bridgehead atoms. The highest BCUT2D eigenvalue weighted by Crippen LogP contribution is 2.29. The quantitative estimate of drug-likeness (QED) is 0.652. The van der Waals surface area contributed by atoms with Crippen molar-refractivity contribution in [2.45, 2.75) is 13.3 Å². The maximum absolute atomic E-state index is 11.8. The van der Waals surface area contributed by atoms with Gasteiger partial charge in [-0.2, -0.15) is 0 Å². The Hall–Kier alpha value is -1.99. The van der Waals surface area contributed by atoms with Crippen molar-refractivity contribution in [2.24, 2.45) is 0 Å². The summed E-state index contributed by atoms with van der Waals surface area (Å²) in [4.78, 5) is 25.2. The van der Waals surface area contributed by atoms with Gasteiger partial charge in [0.05, 0.1) is 17.3 Å². The van der Waals surface area contributed by atoms with Crippen LogP contribution in [-0.4, -0.2) is 51.3 Å². The van der Waals surface area contributed by atoms with Crippen LogP contribution in [0.2, 0.25) is 5.02 Å². The molecule has 1 heterocycles. The summed E-state index contributed by atoms with van der Waals surface area (Å²) in [6.45, 7) is 5.37. The van der Waals surface area contributed by atoms with Crippen LogP contribution in [0, 0.1) is 0 Å². The lowest BCUT2D eigenvalue weighted by Gasteiger charge is -2.29. The minimum Gasteiger partial charge on any atom is -0.382 e. The molecule has 1 aliphatic heterocycles. The summed E-state index contributed by atoms with van der Waals surface area (Å²) in [7, 11) is 0. The number of anilines is 2. The van der Waals surface area contributed by atoms with Gasteiger partial charge in [0.25, 0.3) is 0 Å². The summed E-state index contributed by atoms with van der Waals surface area (Å²) in [6, 6.07) is 4.98. The van der Waals surface area contributed by atoms with E-state index in [2.05, 4.69) is 16.0 Å². The van der Waals surface area contributed by atoms with Crippen LogP contribution in [0.15, 0.2) is 18.2 Å². The predicted molar refractivity (Wildman–Crippen MR) is 94.8 cm³/mol. The first kappa shape index (κ1) is 18.4. The third-order valence-electron chi connectivity index (χ3n) is 3.54. The molecule has 3 N–H and O–H groups in total. The van der Waals surface area contributed by atoms with Gasteiger partial charge in [-0.05, 0) is 31.5 Å². The smallest absolute Gasteiger partial charge is 0.319 e. The van der Waals surface area contributed by atoms with Gasteiger partial charge in [-0.15, -0.1) is 0 Å². The second-order valence-electron chi connectivity index (χ2n) is 5.37. The summed E-state index contributed by atoms with van der Waals surface area (Å²) in [5.41, 5.74) is 1.39. The molecule has 3 amide bonds. The van der Waals surface area contributed by atoms with Crippen LogP contribution in [0.25, 0.3) is 0 Å². The molecule has 2 rings (SSSR count). The lowest BCUT2D eigenvalue weighted by atomic mass is 10.2. The van der Waals surface area contributed by atoms with Crippen LogP contribution in [0.5, 0.6) is 0 Å². The first-order valence-corrected chi connectivity index (χ1v) is 8.41. The number of halogens is 1. The van der Waals surface area contributed by atoms with E-state index in [0.717, 1.165) is 12.1 Å². The van der Waals surface area contributed by atoms with Crippen molar-refractivity contribution in [3.63, 3.8) is 0 Å². The van der Waals surface area contributed by atoms with Crippen LogP contribution in [0.3, 0.4) is 0 Å². The second kappa shape index (κ2) is 9.34. The van der Waals surface area contributed by atoms with Gasteiger partial charge >= 0.3 is 6.03 Å². The largest absolute Gasteiger partial charge is 0.382 e. The molecule has 0 aliphatic carbocycles. The number of urea groups is 1. The maximum Gasteiger partial charge on any atom is 0.319 e. The van der Waals surface area contributed by atoms with Crippen molar-refractivity contribution in [3.8, 4) is 0 Å². The van der Waals surface area contributed by atoms with Crippen LogP contribution < -0.4 is 20.9 Å². The Kier molecular flexibility index (Phi) is 7.14. The molecular formula is C16H23ClN4O3. The van der Waals surface area contributed by atoms with Gasteiger partial charge in [0.15, 0.2) is 0 Å². The normalized spacial score (nSPS) is 14.2. The van der Waals surface area contributed by atoms with Crippen molar-refractivity contribution in [2.75, 3.05) is 49.6 Å². The van der Waals surface area contributed by atoms with Crippen molar-refractivity contribution >= 4 is 34.9 Å². The summed E-state index contributed by atoms with van der Waals surface area (Å²) in [5, 5.41) is 8.77. The summed E-state index contributed by atoms with van der Waals surface area (Å²) in [6.07, 6.45) is 0.762. The van der Waals surface area contributed by atoms with E-state index in [-0.39, 0.29) is 18.5 Å². The second-order valence-corrected chi connectivity index (χ2v) is 5.78. The van der Waals surface area contributed by atoms with Gasteiger partial charge in [-0.25, -0.2) is 4.79 Å². The predicted octanol–water partition coefficient (Wildman–Crippen LogP) is 1.82. The molecule has 0 unspecified atom stereocenters. The Morgan fingerprint density at radius 2 is 2.29 bits per heavy atom. The van der Waals surface area contributed by atoms with E-state index in [9.17, 15) is 9.59 Å². The molecular weight excluding hydrogens is 332 g/mol. The summed E-state index contributed by atoms with van der Waals surface area (Å²) >= 11 is 6.29. The lowest BCUT2D eigenvalue weighted by molar-refractivity contribution is -0.120. The number of hydrogen-bond acceptors (Lipinski definition) is 4. The molecule has 0 aromatic heterocycles. The molecule has 1 saturated heterocycles. The van der Waals surface area contributed by atoms with Gasteiger partial charge in [0, 0.05) is 38.5 Å². The number of nitrogens with one attached hydrogen (secondary N) is 3. The molecule has 0 saturated carbocycles. The molecule has 1 aliphatic rings. The molecule has 7 nitrogen and oxygen atoms in total. The first-order valence-electron chi connectivity index (χ1n) is 8.04. The third-order valence-corrected chi connectivity index (χ3v) is 3.84. The van der Waals surface area contributed by atoms with Crippen LogP contribution in [0.4, 0.5) is 16.2 Å². The average molecular weight is 355 g/mol. The molecule has 1 aromatic rings. The zero-order chi connectivity index (χ0) is 17.4. The molecule has 8 heteroatoms. The standard InChI is InChI=1S/C16H23ClN4O3/c1-2-24-9-3-6-19-16(23)20-12-4-5-14(13(17)10-12)21-8-7-18-15(22)11-21/h4-5,10H,2-3,6-9,11H2,1H3,(H,18,22)(H2,19,20,23). The Labute approximate surface area is 146 Å². The fourth-order valence-corrected chi connectivity index (χ4v) is 2.68. The summed E-state index contributed by atoms with van der Waals surface area (Å²) in [5.74, 6) is -0.0223. The number of carbonyl (C=O) groups is 2. The number of nitrogens with zero attached hydrogens (tertiary/aromatic N) is 1. The van der Waals surface area contributed by atoms with Crippen molar-refractivity contribution in [3.05, 3.63) is 23.2 Å². The van der Waals surface area contributed by atoms with Crippen molar-refractivity contribution in [1.29, 1.82) is 0 Å². The van der Waals surface area contributed by atoms with E-state index in [0.29, 0.717) is 43.6 Å². The van der Waals surface area contributed by atoms with Gasteiger partial charge in [0.2, 0.25) is 5.91 Å². The average Bonchev–Trinajstić information content (AvgIpc) is 2.55. The highest BCUT2D eigenvalue weighted by atomic mass is 35.5. The number of rotatable bonds is 7. The number of amides is 3. The van der Waals surface area contributed by atoms with E-state index in [4.69, 9.17) is 16.3 Å². The van der Waals surface area contributed by atoms with E-state index < -0.39 is 0 Å². The minimum absolute atomic E-state index is 0.0223. The van der Waals surface area contributed by atoms with E-state index in [1.54, 1.807) is 12.1 Å². The van der Waals surface area contributed by atoms with E-state index in [1.165, 1.54) is 0 Å². The number of carbonyl (C=O) groups excluding carboxylic acids is 2. The fraction of sp³-hybridized carbons (Fsp3) is 0.500. The van der Waals surface area contributed by atoms with Gasteiger partial charge < -0.3 is 25.6 Å². The highest BCUT2D eigenvalue weighted by Gasteiger charge is 2.18. The monoisotopic (exact) mass is 354 g/mol. The van der Waals surface area contributed by atoms with Crippen molar-refractivity contribution in [1.82, 2.24) is 10.6 Å². The van der Waals surface area contributed by atoms with Gasteiger partial charge in [0.1, 0.15) is 0 Å². The maximum atomic E-state index is 11.8. The van der Waals surface area contributed by atoms with Gasteiger partial charge in [-0.1, -0.05) is 11.6 Å². The van der Waals surface area contributed by atoms with Crippen LogP contribution in [-0.2, 0) is 9.53 Å². The first-order chi connectivity index (χ1) is 11.6. The SMILES string of the molecule is CCOCCCNC(=O)Nc1ccc(N2CCNC(=O)C2)c(Cl)c1. The summed E-state index contributed by atoms with van der Waals surface area (Å²) < 4.78 is 5.21. The number of piperazine rings is 1.